The first kappa shape index (κ1) is 6.08. The van der Waals surface area contributed by atoms with Crippen LogP contribution in [0.1, 0.15) is 13.3 Å². The van der Waals surface area contributed by atoms with E-state index in [1.165, 1.54) is 0 Å². The Morgan fingerprint density at radius 2 is 2.44 bits per heavy atom. The number of rotatable bonds is 1. The summed E-state index contributed by atoms with van der Waals surface area (Å²) in [5, 5.41) is 0. The number of carbonyl (C=O) groups is 1. The first-order valence-electron chi connectivity index (χ1n) is 2.85. The van der Waals surface area contributed by atoms with Crippen LogP contribution in [-0.2, 0) is 9.53 Å². The molecule has 0 saturated heterocycles. The van der Waals surface area contributed by atoms with Crippen molar-refractivity contribution in [2.45, 2.75) is 13.3 Å². The second-order valence-corrected chi connectivity index (χ2v) is 1.88. The van der Waals surface area contributed by atoms with Crippen molar-refractivity contribution in [1.29, 1.82) is 0 Å². The summed E-state index contributed by atoms with van der Waals surface area (Å²) < 4.78 is 4.64. The zero-order valence-electron chi connectivity index (χ0n) is 5.31. The third-order valence-corrected chi connectivity index (χ3v) is 1.20. The smallest absolute Gasteiger partial charge is 0.339 e. The minimum atomic E-state index is -0.248. The van der Waals surface area contributed by atoms with Gasteiger partial charge in [0, 0.05) is 5.57 Å². The van der Waals surface area contributed by atoms with Gasteiger partial charge in [-0.25, -0.2) is 4.79 Å². The van der Waals surface area contributed by atoms with Gasteiger partial charge in [0.15, 0.2) is 0 Å². The van der Waals surface area contributed by atoms with Crippen LogP contribution in [-0.4, -0.2) is 5.97 Å². The van der Waals surface area contributed by atoms with Crippen molar-refractivity contribution in [3.8, 4) is 0 Å². The highest BCUT2D eigenvalue weighted by Crippen LogP contribution is 2.16. The highest BCUT2D eigenvalue weighted by Gasteiger charge is 2.16. The molecule has 0 unspecified atom stereocenters. The molecule has 9 heavy (non-hydrogen) atoms. The van der Waals surface area contributed by atoms with Gasteiger partial charge in [-0.1, -0.05) is 13.5 Å². The first-order chi connectivity index (χ1) is 4.24. The molecule has 0 spiro atoms. The third-order valence-electron chi connectivity index (χ3n) is 1.20. The standard InChI is InChI=1S/C7H8O2/c1-3-6-4-5(2)9-7(6)8/h4H,2-3H2,1H3. The molecule has 1 aliphatic rings. The topological polar surface area (TPSA) is 26.3 Å². The van der Waals surface area contributed by atoms with Crippen LogP contribution >= 0.6 is 0 Å². The van der Waals surface area contributed by atoms with Crippen LogP contribution in [0.2, 0.25) is 0 Å². The molecule has 0 aromatic carbocycles. The summed E-state index contributed by atoms with van der Waals surface area (Å²) >= 11 is 0. The number of hydrogen-bond acceptors (Lipinski definition) is 2. The first-order valence-corrected chi connectivity index (χ1v) is 2.85. The predicted molar refractivity (Wildman–Crippen MR) is 33.6 cm³/mol. The molecule has 1 aliphatic heterocycles. The molecule has 1 heterocycles. The van der Waals surface area contributed by atoms with Gasteiger partial charge in [0.2, 0.25) is 0 Å². The zero-order valence-corrected chi connectivity index (χ0v) is 5.31. The maximum absolute atomic E-state index is 10.7. The average molecular weight is 124 g/mol. The molecule has 0 saturated carbocycles. The number of allylic oxidation sites excluding steroid dienone is 1. The summed E-state index contributed by atoms with van der Waals surface area (Å²) in [7, 11) is 0. The van der Waals surface area contributed by atoms with E-state index in [1.54, 1.807) is 6.08 Å². The minimum absolute atomic E-state index is 0.248. The summed E-state index contributed by atoms with van der Waals surface area (Å²) in [6.45, 7) is 5.39. The molecule has 2 nitrogen and oxygen atoms in total. The Kier molecular flexibility index (Phi) is 1.39. The van der Waals surface area contributed by atoms with Gasteiger partial charge in [-0.2, -0.15) is 0 Å². The minimum Gasteiger partial charge on any atom is -0.424 e. The van der Waals surface area contributed by atoms with Crippen LogP contribution in [0.5, 0.6) is 0 Å². The number of esters is 1. The van der Waals surface area contributed by atoms with Gasteiger partial charge in [0.05, 0.1) is 0 Å². The van der Waals surface area contributed by atoms with Crippen LogP contribution < -0.4 is 0 Å². The summed E-state index contributed by atoms with van der Waals surface area (Å²) in [4.78, 5) is 10.7. The third kappa shape index (κ3) is 1.02. The van der Waals surface area contributed by atoms with E-state index < -0.39 is 0 Å². The molecule has 48 valence electrons. The molecule has 0 amide bonds. The molecular formula is C7H8O2. The molecule has 0 bridgehead atoms. The lowest BCUT2D eigenvalue weighted by Gasteiger charge is -1.90. The second-order valence-electron chi connectivity index (χ2n) is 1.88. The van der Waals surface area contributed by atoms with Crippen molar-refractivity contribution in [1.82, 2.24) is 0 Å². The largest absolute Gasteiger partial charge is 0.424 e. The molecule has 0 aromatic rings. The number of cyclic esters (lactones) is 1. The summed E-state index contributed by atoms with van der Waals surface area (Å²) in [6, 6.07) is 0. The Bertz CT molecular complexity index is 189. The van der Waals surface area contributed by atoms with Gasteiger partial charge in [-0.05, 0) is 12.5 Å². The molecule has 0 fully saturated rings. The number of ether oxygens (including phenoxy) is 1. The Morgan fingerprint density at radius 1 is 1.78 bits per heavy atom. The maximum atomic E-state index is 10.7. The second kappa shape index (κ2) is 2.05. The molecule has 0 aliphatic carbocycles. The van der Waals surface area contributed by atoms with Crippen molar-refractivity contribution in [2.24, 2.45) is 0 Å². The van der Waals surface area contributed by atoms with E-state index in [9.17, 15) is 4.79 Å². The van der Waals surface area contributed by atoms with Crippen LogP contribution in [0, 0.1) is 0 Å². The van der Waals surface area contributed by atoms with Crippen molar-refractivity contribution >= 4 is 5.97 Å². The van der Waals surface area contributed by atoms with Crippen molar-refractivity contribution in [3.63, 3.8) is 0 Å². The molecular weight excluding hydrogens is 116 g/mol. The SMILES string of the molecule is C=C1C=C(CC)C(=O)O1. The van der Waals surface area contributed by atoms with Gasteiger partial charge < -0.3 is 4.74 Å². The highest BCUT2D eigenvalue weighted by atomic mass is 16.5. The quantitative estimate of drug-likeness (QED) is 0.494. The summed E-state index contributed by atoms with van der Waals surface area (Å²) in [6.07, 6.45) is 2.39. The zero-order chi connectivity index (χ0) is 6.85. The normalized spacial score (nSPS) is 17.7. The lowest BCUT2D eigenvalue weighted by molar-refractivity contribution is -0.133. The van der Waals surface area contributed by atoms with Crippen LogP contribution in [0.25, 0.3) is 0 Å². The highest BCUT2D eigenvalue weighted by molar-refractivity contribution is 5.92. The Hall–Kier alpha value is -1.05. The van der Waals surface area contributed by atoms with E-state index in [4.69, 9.17) is 0 Å². The van der Waals surface area contributed by atoms with E-state index >= 15 is 0 Å². The van der Waals surface area contributed by atoms with Gasteiger partial charge in [-0.3, -0.25) is 0 Å². The number of carbonyl (C=O) groups excluding carboxylic acids is 1. The lowest BCUT2D eigenvalue weighted by Crippen LogP contribution is -1.96. The van der Waals surface area contributed by atoms with Gasteiger partial charge in [0.1, 0.15) is 5.76 Å². The van der Waals surface area contributed by atoms with Crippen molar-refractivity contribution in [3.05, 3.63) is 24.0 Å². The van der Waals surface area contributed by atoms with E-state index in [1.807, 2.05) is 6.92 Å². The monoisotopic (exact) mass is 124 g/mol. The predicted octanol–water partition coefficient (Wildman–Crippen LogP) is 1.39. The van der Waals surface area contributed by atoms with E-state index in [2.05, 4.69) is 11.3 Å². The lowest BCUT2D eigenvalue weighted by atomic mass is 10.2. The van der Waals surface area contributed by atoms with Crippen LogP contribution in [0.3, 0.4) is 0 Å². The van der Waals surface area contributed by atoms with Crippen molar-refractivity contribution in [2.75, 3.05) is 0 Å². The molecule has 2 heteroatoms. The fraction of sp³-hybridized carbons (Fsp3) is 0.286. The van der Waals surface area contributed by atoms with E-state index in [-0.39, 0.29) is 5.97 Å². The van der Waals surface area contributed by atoms with E-state index in [0.29, 0.717) is 11.3 Å². The number of hydrogen-bond donors (Lipinski definition) is 0. The van der Waals surface area contributed by atoms with Gasteiger partial charge >= 0.3 is 5.97 Å². The Labute approximate surface area is 53.8 Å². The molecule has 0 radical (unpaired) electrons. The summed E-state index contributed by atoms with van der Waals surface area (Å²) in [5.74, 6) is 0.208. The maximum Gasteiger partial charge on any atom is 0.339 e. The van der Waals surface area contributed by atoms with E-state index in [0.717, 1.165) is 6.42 Å². The molecule has 0 atom stereocenters. The van der Waals surface area contributed by atoms with Crippen molar-refractivity contribution < 1.29 is 9.53 Å². The Morgan fingerprint density at radius 3 is 2.67 bits per heavy atom. The van der Waals surface area contributed by atoms with Gasteiger partial charge in [-0.15, -0.1) is 0 Å². The fourth-order valence-electron chi connectivity index (χ4n) is 0.714. The average Bonchev–Trinajstić information content (AvgIpc) is 2.10. The molecule has 0 aromatic heterocycles. The van der Waals surface area contributed by atoms with Crippen LogP contribution in [0.15, 0.2) is 24.0 Å². The van der Waals surface area contributed by atoms with Gasteiger partial charge in [0.25, 0.3) is 0 Å². The fourth-order valence-corrected chi connectivity index (χ4v) is 0.714. The summed E-state index contributed by atoms with van der Waals surface area (Å²) in [5.41, 5.74) is 0.708. The van der Waals surface area contributed by atoms with Crippen LogP contribution in [0.4, 0.5) is 0 Å². The Balaban J connectivity index is 2.80. The molecule has 1 rings (SSSR count). The molecule has 0 N–H and O–H groups in total.